The molecule has 0 bridgehead atoms. The maximum atomic E-state index is 12.7. The van der Waals surface area contributed by atoms with Crippen molar-refractivity contribution in [3.8, 4) is 0 Å². The van der Waals surface area contributed by atoms with Crippen LogP contribution in [0.4, 0.5) is 5.69 Å². The van der Waals surface area contributed by atoms with Crippen molar-refractivity contribution in [2.24, 2.45) is 5.92 Å². The number of nitrogens with two attached hydrogens (primary N) is 1. The third-order valence-corrected chi connectivity index (χ3v) is 5.32. The van der Waals surface area contributed by atoms with Crippen molar-refractivity contribution in [2.45, 2.75) is 25.3 Å². The minimum atomic E-state index is -0.986. The van der Waals surface area contributed by atoms with Crippen LogP contribution in [0, 0.1) is 5.92 Å². The molecule has 1 aliphatic heterocycles. The molecule has 2 unspecified atom stereocenters. The van der Waals surface area contributed by atoms with Crippen LogP contribution >= 0.6 is 23.4 Å². The summed E-state index contributed by atoms with van der Waals surface area (Å²) in [7, 11) is 0. The minimum Gasteiger partial charge on any atom is -0.480 e. The number of benzene rings is 1. The number of nitrogens with zero attached hydrogens (tertiary/aromatic N) is 1. The van der Waals surface area contributed by atoms with Crippen molar-refractivity contribution in [1.29, 1.82) is 0 Å². The van der Waals surface area contributed by atoms with E-state index in [4.69, 9.17) is 17.3 Å². The van der Waals surface area contributed by atoms with Crippen LogP contribution in [-0.2, 0) is 4.79 Å². The van der Waals surface area contributed by atoms with Gasteiger partial charge in [0.05, 0.1) is 16.1 Å². The monoisotopic (exact) mass is 328 g/mol. The number of thioether (sulfide) groups is 1. The zero-order valence-corrected chi connectivity index (χ0v) is 13.3. The molecule has 7 heteroatoms. The van der Waals surface area contributed by atoms with Gasteiger partial charge in [0.25, 0.3) is 5.91 Å². The SMILES string of the molecule is CC(C)C1SCC(C(=O)O)N1C(=O)c1ccc(N)c(Cl)c1. The summed E-state index contributed by atoms with van der Waals surface area (Å²) >= 11 is 7.44. The first-order chi connectivity index (χ1) is 9.82. The first kappa shape index (κ1) is 16.0. The van der Waals surface area contributed by atoms with Gasteiger partial charge in [-0.2, -0.15) is 0 Å². The molecule has 1 saturated heterocycles. The molecule has 114 valence electrons. The van der Waals surface area contributed by atoms with E-state index in [0.717, 1.165) is 0 Å². The Hall–Kier alpha value is -1.40. The largest absolute Gasteiger partial charge is 0.480 e. The van der Waals surface area contributed by atoms with Crippen molar-refractivity contribution < 1.29 is 14.7 Å². The number of carboxylic acids is 1. The fourth-order valence-electron chi connectivity index (χ4n) is 2.30. The third-order valence-electron chi connectivity index (χ3n) is 3.37. The molecular formula is C14H17ClN2O3S. The van der Waals surface area contributed by atoms with E-state index in [2.05, 4.69) is 0 Å². The smallest absolute Gasteiger partial charge is 0.327 e. The van der Waals surface area contributed by atoms with Gasteiger partial charge in [-0.1, -0.05) is 25.4 Å². The lowest BCUT2D eigenvalue weighted by atomic mass is 10.1. The van der Waals surface area contributed by atoms with Gasteiger partial charge in [-0.3, -0.25) is 4.79 Å². The lowest BCUT2D eigenvalue weighted by Crippen LogP contribution is -2.47. The number of hydrogen-bond donors (Lipinski definition) is 2. The molecule has 3 N–H and O–H groups in total. The van der Waals surface area contributed by atoms with Gasteiger partial charge in [-0.05, 0) is 24.1 Å². The van der Waals surface area contributed by atoms with Crippen LogP contribution in [-0.4, -0.2) is 39.1 Å². The molecule has 0 aliphatic carbocycles. The summed E-state index contributed by atoms with van der Waals surface area (Å²) < 4.78 is 0. The molecule has 0 radical (unpaired) electrons. The van der Waals surface area contributed by atoms with Crippen molar-refractivity contribution >= 4 is 40.9 Å². The number of hydrogen-bond acceptors (Lipinski definition) is 4. The Bertz CT molecular complexity index is 579. The average molecular weight is 329 g/mol. The number of halogens is 1. The highest BCUT2D eigenvalue weighted by molar-refractivity contribution is 8.00. The number of carbonyl (C=O) groups is 2. The lowest BCUT2D eigenvalue weighted by Gasteiger charge is -2.29. The number of carboxylic acid groups (broad SMARTS) is 1. The molecule has 0 saturated carbocycles. The second-order valence-corrected chi connectivity index (χ2v) is 6.83. The van der Waals surface area contributed by atoms with E-state index in [0.29, 0.717) is 22.0 Å². The highest BCUT2D eigenvalue weighted by Crippen LogP contribution is 2.35. The Kier molecular flexibility index (Phi) is 4.68. The van der Waals surface area contributed by atoms with Gasteiger partial charge in [0, 0.05) is 11.3 Å². The van der Waals surface area contributed by atoms with Gasteiger partial charge < -0.3 is 15.7 Å². The Balaban J connectivity index is 2.36. The standard InChI is InChI=1S/C14H17ClN2O3S/c1-7(2)13-17(11(6-21-13)14(19)20)12(18)8-3-4-10(16)9(15)5-8/h3-5,7,11,13H,6,16H2,1-2H3,(H,19,20). The van der Waals surface area contributed by atoms with Crippen molar-refractivity contribution in [3.05, 3.63) is 28.8 Å². The Morgan fingerprint density at radius 1 is 1.48 bits per heavy atom. The number of amides is 1. The normalized spacial score (nSPS) is 21.8. The van der Waals surface area contributed by atoms with Gasteiger partial charge in [-0.25, -0.2) is 4.79 Å². The third kappa shape index (κ3) is 3.11. The Morgan fingerprint density at radius 2 is 2.14 bits per heavy atom. The molecule has 1 amide bonds. The van der Waals surface area contributed by atoms with E-state index < -0.39 is 12.0 Å². The van der Waals surface area contributed by atoms with Crippen LogP contribution < -0.4 is 5.73 Å². The zero-order valence-electron chi connectivity index (χ0n) is 11.7. The highest BCUT2D eigenvalue weighted by atomic mass is 35.5. The molecule has 0 spiro atoms. The first-order valence-corrected chi connectivity index (χ1v) is 7.97. The van der Waals surface area contributed by atoms with E-state index in [-0.39, 0.29) is 17.2 Å². The number of rotatable bonds is 3. The van der Waals surface area contributed by atoms with Gasteiger partial charge in [0.1, 0.15) is 6.04 Å². The summed E-state index contributed by atoms with van der Waals surface area (Å²) in [4.78, 5) is 25.5. The Labute approximate surface area is 132 Å². The topological polar surface area (TPSA) is 83.6 Å². The Morgan fingerprint density at radius 3 is 2.67 bits per heavy atom. The molecule has 1 aliphatic rings. The van der Waals surface area contributed by atoms with Crippen LogP contribution in [0.3, 0.4) is 0 Å². The first-order valence-electron chi connectivity index (χ1n) is 6.55. The average Bonchev–Trinajstić information content (AvgIpc) is 2.86. The molecule has 2 atom stereocenters. The van der Waals surface area contributed by atoms with Crippen LogP contribution in [0.15, 0.2) is 18.2 Å². The maximum Gasteiger partial charge on any atom is 0.327 e. The molecule has 1 aromatic rings. The molecule has 5 nitrogen and oxygen atoms in total. The second kappa shape index (κ2) is 6.15. The van der Waals surface area contributed by atoms with Crippen molar-refractivity contribution in [1.82, 2.24) is 4.90 Å². The zero-order chi connectivity index (χ0) is 15.7. The number of anilines is 1. The fourth-order valence-corrected chi connectivity index (χ4v) is 3.95. The number of aliphatic carboxylic acids is 1. The summed E-state index contributed by atoms with van der Waals surface area (Å²) in [5.74, 6) is -0.756. The van der Waals surface area contributed by atoms with Gasteiger partial charge in [0.15, 0.2) is 0 Å². The maximum absolute atomic E-state index is 12.7. The predicted molar refractivity (Wildman–Crippen MR) is 84.5 cm³/mol. The summed E-state index contributed by atoms with van der Waals surface area (Å²) in [6.07, 6.45) is 0. The van der Waals surface area contributed by atoms with E-state index in [1.54, 1.807) is 12.1 Å². The molecule has 0 aromatic heterocycles. The van der Waals surface area contributed by atoms with Gasteiger partial charge in [-0.15, -0.1) is 11.8 Å². The van der Waals surface area contributed by atoms with Crippen LogP contribution in [0.25, 0.3) is 0 Å². The minimum absolute atomic E-state index is 0.157. The van der Waals surface area contributed by atoms with Gasteiger partial charge >= 0.3 is 5.97 Å². The van der Waals surface area contributed by atoms with E-state index in [1.165, 1.54) is 22.7 Å². The second-order valence-electron chi connectivity index (χ2n) is 5.27. The van der Waals surface area contributed by atoms with E-state index in [9.17, 15) is 14.7 Å². The van der Waals surface area contributed by atoms with Crippen LogP contribution in [0.5, 0.6) is 0 Å². The summed E-state index contributed by atoms with van der Waals surface area (Å²) in [6, 6.07) is 3.80. The summed E-state index contributed by atoms with van der Waals surface area (Å²) in [5, 5.41) is 9.46. The van der Waals surface area contributed by atoms with Crippen molar-refractivity contribution in [2.75, 3.05) is 11.5 Å². The highest BCUT2D eigenvalue weighted by Gasteiger charge is 2.43. The number of nitrogen functional groups attached to an aromatic ring is 1. The molecule has 2 rings (SSSR count). The summed E-state index contributed by atoms with van der Waals surface area (Å²) in [5.41, 5.74) is 6.38. The molecule has 1 aromatic carbocycles. The molecular weight excluding hydrogens is 312 g/mol. The molecule has 1 fully saturated rings. The van der Waals surface area contributed by atoms with E-state index >= 15 is 0 Å². The summed E-state index contributed by atoms with van der Waals surface area (Å²) in [6.45, 7) is 3.94. The van der Waals surface area contributed by atoms with Gasteiger partial charge in [0.2, 0.25) is 0 Å². The molecule has 1 heterocycles. The number of carbonyl (C=O) groups excluding carboxylic acids is 1. The van der Waals surface area contributed by atoms with Crippen LogP contribution in [0.2, 0.25) is 5.02 Å². The predicted octanol–water partition coefficient (Wildman–Crippen LogP) is 2.55. The lowest BCUT2D eigenvalue weighted by molar-refractivity contribution is -0.141. The fraction of sp³-hybridized carbons (Fsp3) is 0.429. The quantitative estimate of drug-likeness (QED) is 0.833. The molecule has 21 heavy (non-hydrogen) atoms. The van der Waals surface area contributed by atoms with Crippen LogP contribution in [0.1, 0.15) is 24.2 Å². The van der Waals surface area contributed by atoms with E-state index in [1.807, 2.05) is 13.8 Å². The van der Waals surface area contributed by atoms with Crippen molar-refractivity contribution in [3.63, 3.8) is 0 Å².